The molecule has 1 atom stereocenters. The van der Waals surface area contributed by atoms with Gasteiger partial charge in [-0.3, -0.25) is 11.3 Å². The van der Waals surface area contributed by atoms with Gasteiger partial charge < -0.3 is 0 Å². The molecule has 3 nitrogen and oxygen atoms in total. The van der Waals surface area contributed by atoms with Gasteiger partial charge in [0.1, 0.15) is 0 Å². The van der Waals surface area contributed by atoms with Gasteiger partial charge in [0.2, 0.25) is 0 Å². The fourth-order valence-electron chi connectivity index (χ4n) is 1.53. The van der Waals surface area contributed by atoms with E-state index >= 15 is 0 Å². The highest BCUT2D eigenvalue weighted by Crippen LogP contribution is 2.20. The zero-order chi connectivity index (χ0) is 12.3. The summed E-state index contributed by atoms with van der Waals surface area (Å²) in [6.45, 7) is 0. The number of aromatic nitrogens is 1. The molecule has 0 saturated carbocycles. The van der Waals surface area contributed by atoms with E-state index in [9.17, 15) is 8.78 Å². The molecule has 3 N–H and O–H groups in total. The predicted molar refractivity (Wildman–Crippen MR) is 62.2 cm³/mol. The number of nitrogens with zero attached hydrogens (tertiary/aromatic N) is 1. The van der Waals surface area contributed by atoms with Crippen LogP contribution in [-0.4, -0.2) is 4.98 Å². The molecule has 0 aliphatic heterocycles. The first-order chi connectivity index (χ1) is 8.20. The molecule has 90 valence electrons. The second-order valence-electron chi connectivity index (χ2n) is 3.52. The number of thiazole rings is 1. The van der Waals surface area contributed by atoms with Crippen molar-refractivity contribution in [1.29, 1.82) is 0 Å². The molecule has 0 radical (unpaired) electrons. The van der Waals surface area contributed by atoms with Crippen LogP contribution >= 0.6 is 11.3 Å². The lowest BCUT2D eigenvalue weighted by Crippen LogP contribution is -2.29. The van der Waals surface area contributed by atoms with Crippen LogP contribution in [0.4, 0.5) is 8.78 Å². The Bertz CT molecular complexity index is 487. The number of halogens is 2. The molecule has 0 saturated heterocycles. The minimum Gasteiger partial charge on any atom is -0.271 e. The van der Waals surface area contributed by atoms with E-state index in [1.54, 1.807) is 6.20 Å². The van der Waals surface area contributed by atoms with E-state index in [1.165, 1.54) is 17.4 Å². The van der Waals surface area contributed by atoms with Crippen LogP contribution in [0, 0.1) is 11.6 Å². The monoisotopic (exact) mass is 255 g/mol. The number of hydrazine groups is 1. The van der Waals surface area contributed by atoms with Crippen LogP contribution in [0.3, 0.4) is 0 Å². The summed E-state index contributed by atoms with van der Waals surface area (Å²) in [5.41, 5.74) is 3.18. The molecule has 6 heteroatoms. The zero-order valence-corrected chi connectivity index (χ0v) is 9.68. The van der Waals surface area contributed by atoms with Gasteiger partial charge in [-0.1, -0.05) is 6.07 Å². The molecule has 1 aromatic heterocycles. The summed E-state index contributed by atoms with van der Waals surface area (Å²) in [6.07, 6.45) is 2.23. The summed E-state index contributed by atoms with van der Waals surface area (Å²) in [5, 5.41) is 2.74. The third-order valence-corrected chi connectivity index (χ3v) is 3.21. The van der Waals surface area contributed by atoms with Crippen molar-refractivity contribution in [2.45, 2.75) is 12.5 Å². The normalized spacial score (nSPS) is 12.6. The lowest BCUT2D eigenvalue weighted by molar-refractivity contribution is 0.497. The van der Waals surface area contributed by atoms with E-state index < -0.39 is 11.6 Å². The SMILES string of the molecule is NNC(Cc1nccs1)c1ccc(F)c(F)c1. The lowest BCUT2D eigenvalue weighted by atomic mass is 10.0. The molecular weight excluding hydrogens is 244 g/mol. The number of hydrogen-bond donors (Lipinski definition) is 2. The smallest absolute Gasteiger partial charge is 0.159 e. The molecule has 2 rings (SSSR count). The Kier molecular flexibility index (Phi) is 3.78. The quantitative estimate of drug-likeness (QED) is 0.650. The van der Waals surface area contributed by atoms with Crippen molar-refractivity contribution in [3.63, 3.8) is 0 Å². The average Bonchev–Trinajstić information content (AvgIpc) is 2.82. The van der Waals surface area contributed by atoms with Gasteiger partial charge in [-0.05, 0) is 17.7 Å². The van der Waals surface area contributed by atoms with Crippen molar-refractivity contribution in [3.8, 4) is 0 Å². The van der Waals surface area contributed by atoms with Crippen LogP contribution in [0.25, 0.3) is 0 Å². The molecule has 0 bridgehead atoms. The van der Waals surface area contributed by atoms with Gasteiger partial charge in [0.15, 0.2) is 11.6 Å². The average molecular weight is 255 g/mol. The molecule has 0 spiro atoms. The first-order valence-electron chi connectivity index (χ1n) is 5.00. The van der Waals surface area contributed by atoms with Gasteiger partial charge in [0.05, 0.1) is 11.0 Å². The number of hydrogen-bond acceptors (Lipinski definition) is 4. The Morgan fingerprint density at radius 2 is 2.18 bits per heavy atom. The van der Waals surface area contributed by atoms with Gasteiger partial charge >= 0.3 is 0 Å². The number of nitrogens with two attached hydrogens (primary N) is 1. The fourth-order valence-corrected chi connectivity index (χ4v) is 2.19. The molecule has 2 aromatic rings. The van der Waals surface area contributed by atoms with Gasteiger partial charge in [0, 0.05) is 18.0 Å². The summed E-state index contributed by atoms with van der Waals surface area (Å²) in [4.78, 5) is 4.12. The maximum atomic E-state index is 13.1. The summed E-state index contributed by atoms with van der Waals surface area (Å²) < 4.78 is 25.9. The minimum absolute atomic E-state index is 0.281. The minimum atomic E-state index is -0.873. The van der Waals surface area contributed by atoms with Crippen molar-refractivity contribution < 1.29 is 8.78 Å². The van der Waals surface area contributed by atoms with Crippen LogP contribution in [0.15, 0.2) is 29.8 Å². The third kappa shape index (κ3) is 2.85. The van der Waals surface area contributed by atoms with Crippen LogP contribution in [0.5, 0.6) is 0 Å². The number of benzene rings is 1. The first kappa shape index (κ1) is 12.1. The summed E-state index contributed by atoms with van der Waals surface area (Å²) in [5.74, 6) is 3.68. The molecule has 17 heavy (non-hydrogen) atoms. The van der Waals surface area contributed by atoms with Crippen molar-refractivity contribution in [2.24, 2.45) is 5.84 Å². The molecule has 1 unspecified atom stereocenters. The Morgan fingerprint density at radius 1 is 1.35 bits per heavy atom. The maximum Gasteiger partial charge on any atom is 0.159 e. The van der Waals surface area contributed by atoms with Crippen LogP contribution in [-0.2, 0) is 6.42 Å². The Balaban J connectivity index is 2.20. The summed E-state index contributed by atoms with van der Waals surface area (Å²) in [7, 11) is 0. The zero-order valence-electron chi connectivity index (χ0n) is 8.86. The fraction of sp³-hybridized carbons (Fsp3) is 0.182. The van der Waals surface area contributed by atoms with E-state index in [0.717, 1.165) is 17.1 Å². The molecular formula is C11H11F2N3S. The standard InChI is InChI=1S/C11H11F2N3S/c12-8-2-1-7(5-9(8)13)10(16-14)6-11-15-3-4-17-11/h1-5,10,16H,6,14H2. The van der Waals surface area contributed by atoms with E-state index in [2.05, 4.69) is 10.4 Å². The highest BCUT2D eigenvalue weighted by molar-refractivity contribution is 7.09. The van der Waals surface area contributed by atoms with Crippen molar-refractivity contribution in [1.82, 2.24) is 10.4 Å². The molecule has 1 aromatic carbocycles. The highest BCUT2D eigenvalue weighted by Gasteiger charge is 2.14. The topological polar surface area (TPSA) is 50.9 Å². The van der Waals surface area contributed by atoms with Crippen LogP contribution < -0.4 is 11.3 Å². The van der Waals surface area contributed by atoms with Gasteiger partial charge in [-0.15, -0.1) is 11.3 Å². The van der Waals surface area contributed by atoms with Gasteiger partial charge in [-0.2, -0.15) is 0 Å². The molecule has 1 heterocycles. The summed E-state index contributed by atoms with van der Waals surface area (Å²) >= 11 is 1.49. The lowest BCUT2D eigenvalue weighted by Gasteiger charge is -2.15. The van der Waals surface area contributed by atoms with E-state index in [0.29, 0.717) is 12.0 Å². The Hall–Kier alpha value is -1.37. The number of rotatable bonds is 4. The maximum absolute atomic E-state index is 13.1. The van der Waals surface area contributed by atoms with Crippen LogP contribution in [0.2, 0.25) is 0 Å². The molecule has 0 fully saturated rings. The molecule has 0 amide bonds. The van der Waals surface area contributed by atoms with Gasteiger partial charge in [0.25, 0.3) is 0 Å². The predicted octanol–water partition coefficient (Wildman–Crippen LogP) is 2.17. The second-order valence-corrected chi connectivity index (χ2v) is 4.50. The summed E-state index contributed by atoms with van der Waals surface area (Å²) in [6, 6.07) is 3.47. The Morgan fingerprint density at radius 3 is 2.76 bits per heavy atom. The molecule has 0 aliphatic rings. The Labute approximate surface area is 101 Å². The first-order valence-corrected chi connectivity index (χ1v) is 5.88. The van der Waals surface area contributed by atoms with Crippen molar-refractivity contribution >= 4 is 11.3 Å². The van der Waals surface area contributed by atoms with E-state index in [1.807, 2.05) is 5.38 Å². The van der Waals surface area contributed by atoms with E-state index in [4.69, 9.17) is 5.84 Å². The van der Waals surface area contributed by atoms with Gasteiger partial charge in [-0.25, -0.2) is 13.8 Å². The van der Waals surface area contributed by atoms with Crippen LogP contribution in [0.1, 0.15) is 16.6 Å². The van der Waals surface area contributed by atoms with Crippen molar-refractivity contribution in [2.75, 3.05) is 0 Å². The number of nitrogens with one attached hydrogen (secondary N) is 1. The van der Waals surface area contributed by atoms with E-state index in [-0.39, 0.29) is 6.04 Å². The highest BCUT2D eigenvalue weighted by atomic mass is 32.1. The van der Waals surface area contributed by atoms with Crippen molar-refractivity contribution in [3.05, 3.63) is 52.0 Å². The second kappa shape index (κ2) is 5.31. The largest absolute Gasteiger partial charge is 0.271 e. The third-order valence-electron chi connectivity index (χ3n) is 2.41. The molecule has 0 aliphatic carbocycles.